The van der Waals surface area contributed by atoms with Crippen LogP contribution < -0.4 is 27.4 Å². The second-order valence-corrected chi connectivity index (χ2v) is 11.3. The molecule has 0 spiro atoms. The van der Waals surface area contributed by atoms with Crippen LogP contribution >= 0.6 is 0 Å². The molecule has 2 amide bonds. The summed E-state index contributed by atoms with van der Waals surface area (Å²) in [5, 5.41) is 91.8. The summed E-state index contributed by atoms with van der Waals surface area (Å²) in [6, 6.07) is -3.97. The van der Waals surface area contributed by atoms with E-state index in [-0.39, 0.29) is 45.8 Å². The van der Waals surface area contributed by atoms with Crippen molar-refractivity contribution in [3.8, 4) is 0 Å². The van der Waals surface area contributed by atoms with E-state index in [1.807, 2.05) is 0 Å². The topological polar surface area (TPSA) is 307 Å². The minimum atomic E-state index is -1.75. The zero-order valence-corrected chi connectivity index (χ0v) is 24.2. The van der Waals surface area contributed by atoms with E-state index in [1.54, 1.807) is 0 Å². The van der Waals surface area contributed by atoms with E-state index >= 15 is 0 Å². The van der Waals surface area contributed by atoms with Gasteiger partial charge in [-0.1, -0.05) is 0 Å². The van der Waals surface area contributed by atoms with Gasteiger partial charge in [-0.3, -0.25) is 5.21 Å². The van der Waals surface area contributed by atoms with Gasteiger partial charge in [-0.2, -0.15) is 0 Å². The largest absolute Gasteiger partial charge is 0.395 e. The fourth-order valence-electron chi connectivity index (χ4n) is 5.59. The Kier molecular flexibility index (Phi) is 13.2. The van der Waals surface area contributed by atoms with Crippen molar-refractivity contribution in [3.05, 3.63) is 0 Å². The van der Waals surface area contributed by atoms with E-state index in [4.69, 9.17) is 35.5 Å². The Morgan fingerprint density at radius 1 is 1.05 bits per heavy atom. The van der Waals surface area contributed by atoms with Gasteiger partial charge in [-0.25, -0.2) is 9.86 Å². The van der Waals surface area contributed by atoms with Crippen molar-refractivity contribution >= 4 is 6.03 Å². The van der Waals surface area contributed by atoms with Crippen LogP contribution in [-0.4, -0.2) is 184 Å². The maximum absolute atomic E-state index is 12.6. The number of nitrogens with two attached hydrogens (primary N) is 2. The molecule has 0 aromatic carbocycles. The lowest BCUT2D eigenvalue weighted by atomic mass is 9.83. The molecule has 2 heterocycles. The van der Waals surface area contributed by atoms with Gasteiger partial charge < -0.3 is 82.1 Å². The van der Waals surface area contributed by atoms with Crippen LogP contribution in [-0.2, 0) is 18.9 Å². The van der Waals surface area contributed by atoms with E-state index in [1.165, 1.54) is 14.0 Å². The average Bonchev–Trinajstić information content (AvgIpc) is 2.95. The van der Waals surface area contributed by atoms with E-state index in [9.17, 15) is 40.6 Å². The molecule has 3 fully saturated rings. The summed E-state index contributed by atoms with van der Waals surface area (Å²) in [6.07, 6.45) is -14.9. The summed E-state index contributed by atoms with van der Waals surface area (Å²) in [6.45, 7) is 0.920. The molecule has 1 aliphatic carbocycles. The van der Waals surface area contributed by atoms with Gasteiger partial charge in [0.05, 0.1) is 31.8 Å². The molecule has 14 atom stereocenters. The molecular weight excluding hydrogens is 580 g/mol. The van der Waals surface area contributed by atoms with E-state index < -0.39 is 91.2 Å². The molecule has 15 N–H and O–H groups in total. The third-order valence-electron chi connectivity index (χ3n) is 7.93. The highest BCUT2D eigenvalue weighted by Gasteiger charge is 2.53. The van der Waals surface area contributed by atoms with Gasteiger partial charge in [0.15, 0.2) is 12.6 Å². The van der Waals surface area contributed by atoms with Gasteiger partial charge >= 0.3 is 6.03 Å². The number of hydrogen-bond donors (Lipinski definition) is 13. The summed E-state index contributed by atoms with van der Waals surface area (Å²) in [7, 11) is 1.52. The Hall–Kier alpha value is -1.37. The zero-order valence-electron chi connectivity index (χ0n) is 24.2. The molecule has 3 rings (SSSR count). The number of aliphatic hydroxyl groups is 7. The number of hydroxylamine groups is 2. The third-order valence-corrected chi connectivity index (χ3v) is 7.93. The predicted molar refractivity (Wildman–Crippen MR) is 144 cm³/mol. The predicted octanol–water partition coefficient (Wildman–Crippen LogP) is -6.98. The number of amides is 2. The standard InChI is InChI=1S/C24H48N6O13/c1-24(38)9-40-21(17(36)20(24)27-2)43-19-11(29-23(37)30(39)5-3-25)7-10(26)18(16(19)35)42-22-15(34)14(33)13(32)12(41-22)8-28-4-6-31/h10-22,27-28,31-36,38-39H,3-9,25-26H2,1-2H3,(H,29,37). The Bertz CT molecular complexity index is 880. The zero-order chi connectivity index (χ0) is 32.1. The number of likely N-dealkylation sites (N-methyl/N-ethyl adjacent to an activating group) is 1. The Labute approximate surface area is 248 Å². The number of nitrogens with one attached hydrogen (secondary N) is 3. The molecule has 1 saturated carbocycles. The quantitative estimate of drug-likeness (QED) is 0.0542. The Morgan fingerprint density at radius 3 is 2.35 bits per heavy atom. The van der Waals surface area contributed by atoms with Crippen molar-refractivity contribution < 1.29 is 64.7 Å². The molecule has 14 unspecified atom stereocenters. The van der Waals surface area contributed by atoms with Crippen molar-refractivity contribution in [2.45, 2.75) is 98.5 Å². The van der Waals surface area contributed by atoms with Crippen molar-refractivity contribution in [2.24, 2.45) is 11.5 Å². The molecular formula is C24H48N6O13. The van der Waals surface area contributed by atoms with E-state index in [0.717, 1.165) is 0 Å². The van der Waals surface area contributed by atoms with Crippen LogP contribution in [0.25, 0.3) is 0 Å². The average molecular weight is 629 g/mol. The SMILES string of the molecule is CNC1C(O)C(OC2C(NC(=O)N(O)CCN)CC(N)C(OC3OC(CNCCO)C(O)C(O)C3O)C2O)OCC1(C)O. The van der Waals surface area contributed by atoms with Crippen LogP contribution in [0.5, 0.6) is 0 Å². The van der Waals surface area contributed by atoms with Crippen LogP contribution in [0.3, 0.4) is 0 Å². The molecule has 3 aliphatic rings. The summed E-state index contributed by atoms with van der Waals surface area (Å²) >= 11 is 0. The summed E-state index contributed by atoms with van der Waals surface area (Å²) in [4.78, 5) is 12.6. The smallest absolute Gasteiger partial charge is 0.341 e. The van der Waals surface area contributed by atoms with Crippen LogP contribution in [0, 0.1) is 0 Å². The maximum atomic E-state index is 12.6. The molecule has 43 heavy (non-hydrogen) atoms. The molecule has 19 nitrogen and oxygen atoms in total. The second kappa shape index (κ2) is 15.8. The number of urea groups is 1. The van der Waals surface area contributed by atoms with Crippen molar-refractivity contribution in [3.63, 3.8) is 0 Å². The van der Waals surface area contributed by atoms with Crippen LogP contribution in [0.15, 0.2) is 0 Å². The third kappa shape index (κ3) is 8.47. The van der Waals surface area contributed by atoms with Gasteiger partial charge in [0.25, 0.3) is 0 Å². The number of ether oxygens (including phenoxy) is 4. The summed E-state index contributed by atoms with van der Waals surface area (Å²) in [5.74, 6) is 0. The fourth-order valence-corrected chi connectivity index (χ4v) is 5.59. The molecule has 19 heteroatoms. The number of nitrogens with zero attached hydrogens (tertiary/aromatic N) is 1. The van der Waals surface area contributed by atoms with Crippen molar-refractivity contribution in [1.82, 2.24) is 21.0 Å². The molecule has 0 bridgehead atoms. The van der Waals surface area contributed by atoms with Gasteiger partial charge in [0.2, 0.25) is 0 Å². The normalized spacial score (nSPS) is 43.8. The first-order valence-corrected chi connectivity index (χ1v) is 14.2. The highest BCUT2D eigenvalue weighted by atomic mass is 16.7. The summed E-state index contributed by atoms with van der Waals surface area (Å²) < 4.78 is 23.1. The number of hydrogen-bond acceptors (Lipinski definition) is 17. The van der Waals surface area contributed by atoms with Gasteiger partial charge in [-0.15, -0.1) is 0 Å². The van der Waals surface area contributed by atoms with Gasteiger partial charge in [0, 0.05) is 25.7 Å². The maximum Gasteiger partial charge on any atom is 0.341 e. The second-order valence-electron chi connectivity index (χ2n) is 11.3. The first-order valence-electron chi connectivity index (χ1n) is 14.2. The lowest BCUT2D eigenvalue weighted by Gasteiger charge is -2.49. The van der Waals surface area contributed by atoms with Crippen LogP contribution in [0.4, 0.5) is 4.79 Å². The minimum absolute atomic E-state index is 0.0156. The molecule has 0 radical (unpaired) electrons. The van der Waals surface area contributed by atoms with E-state index in [2.05, 4.69) is 16.0 Å². The van der Waals surface area contributed by atoms with Crippen molar-refractivity contribution in [2.75, 3.05) is 46.4 Å². The number of aliphatic hydroxyl groups excluding tert-OH is 6. The van der Waals surface area contributed by atoms with E-state index in [0.29, 0.717) is 5.06 Å². The first-order chi connectivity index (χ1) is 20.3. The first kappa shape index (κ1) is 36.1. The van der Waals surface area contributed by atoms with Gasteiger partial charge in [-0.05, 0) is 20.4 Å². The molecule has 2 aliphatic heterocycles. The number of rotatable bonds is 12. The fraction of sp³-hybridized carbons (Fsp3) is 0.958. The lowest BCUT2D eigenvalue weighted by Crippen LogP contribution is -2.70. The molecule has 2 saturated heterocycles. The van der Waals surface area contributed by atoms with Crippen molar-refractivity contribution in [1.29, 1.82) is 0 Å². The highest BCUT2D eigenvalue weighted by Crippen LogP contribution is 2.32. The molecule has 252 valence electrons. The number of carbonyl (C=O) groups is 1. The highest BCUT2D eigenvalue weighted by molar-refractivity contribution is 5.73. The van der Waals surface area contributed by atoms with Crippen LogP contribution in [0.2, 0.25) is 0 Å². The van der Waals surface area contributed by atoms with Gasteiger partial charge in [0.1, 0.15) is 54.4 Å². The summed E-state index contributed by atoms with van der Waals surface area (Å²) in [5.41, 5.74) is 10.3. The monoisotopic (exact) mass is 628 g/mol. The minimum Gasteiger partial charge on any atom is -0.395 e. The number of carbonyl (C=O) groups excluding carboxylic acids is 1. The molecule has 0 aromatic rings. The van der Waals surface area contributed by atoms with Crippen LogP contribution in [0.1, 0.15) is 13.3 Å². The Balaban J connectivity index is 1.83. The molecule has 0 aromatic heterocycles. The Morgan fingerprint density at radius 2 is 1.72 bits per heavy atom. The lowest BCUT2D eigenvalue weighted by molar-refractivity contribution is -0.330.